The van der Waals surface area contributed by atoms with Crippen molar-refractivity contribution in [1.29, 1.82) is 0 Å². The van der Waals surface area contributed by atoms with E-state index in [-0.39, 0.29) is 72.7 Å². The molecule has 1 spiro atoms. The zero-order chi connectivity index (χ0) is 36.0. The third-order valence-electron chi connectivity index (χ3n) is 14.2. The average Bonchev–Trinajstić information content (AvgIpc) is 3.52. The normalized spacial score (nSPS) is 44.4. The van der Waals surface area contributed by atoms with Crippen LogP contribution in [0.15, 0.2) is 24.3 Å². The van der Waals surface area contributed by atoms with Gasteiger partial charge in [-0.25, -0.2) is 4.79 Å². The number of nitrogens with one attached hydrogen (secondary N) is 1. The van der Waals surface area contributed by atoms with Crippen LogP contribution in [0.3, 0.4) is 0 Å². The first-order valence-electron chi connectivity index (χ1n) is 18.0. The van der Waals surface area contributed by atoms with Crippen LogP contribution in [0.5, 0.6) is 0 Å². The van der Waals surface area contributed by atoms with Crippen molar-refractivity contribution in [1.82, 2.24) is 4.90 Å². The second-order valence-electron chi connectivity index (χ2n) is 15.9. The number of carbonyl (C=O) groups is 3. The number of hydrogen-bond donors (Lipinski definition) is 4. The van der Waals surface area contributed by atoms with Crippen molar-refractivity contribution in [3.63, 3.8) is 0 Å². The van der Waals surface area contributed by atoms with E-state index >= 15 is 0 Å². The van der Waals surface area contributed by atoms with E-state index in [1.54, 1.807) is 59.6 Å². The van der Waals surface area contributed by atoms with Crippen molar-refractivity contribution in [3.8, 4) is 0 Å². The highest BCUT2D eigenvalue weighted by Crippen LogP contribution is 2.80. The Hall–Kier alpha value is -2.65. The molecule has 0 aromatic heterocycles. The first-order valence-corrected chi connectivity index (χ1v) is 18.0. The second kappa shape index (κ2) is 12.5. The Bertz CT molecular complexity index is 1530. The summed E-state index contributed by atoms with van der Waals surface area (Å²) in [6.07, 6.45) is 0.586. The van der Waals surface area contributed by atoms with Crippen LogP contribution >= 0.6 is 0 Å². The van der Waals surface area contributed by atoms with Crippen molar-refractivity contribution < 1.29 is 48.3 Å². The maximum Gasteiger partial charge on any atom is 0.340 e. The number of fused-ring (bicyclic) bond motifs is 2. The Labute approximate surface area is 293 Å². The molecule has 1 aromatic rings. The molecule has 2 amide bonds. The van der Waals surface area contributed by atoms with E-state index in [4.69, 9.17) is 29.4 Å². The SMILES string of the molecule is CCN1C[C@]2(COC(=O)c3ccccc3NC(=O)[C@@H](C)CC(N)=O)CC[C@H](OC)[C@]34[C@@H]5C[C@H]6[C@H](OC)[C@@H]5[C@](O)(C[C@@H]6OC)[C@](O)([C@@H](OC)[C@H]23)[C@@H]14. The second-order valence-corrected chi connectivity index (χ2v) is 15.9. The molecular formula is C37H53N3O10. The van der Waals surface area contributed by atoms with Gasteiger partial charge in [0.05, 0.1) is 48.3 Å². The van der Waals surface area contributed by atoms with Gasteiger partial charge in [-0.3, -0.25) is 14.5 Å². The van der Waals surface area contributed by atoms with Crippen LogP contribution in [-0.4, -0.2) is 123 Å². The molecule has 0 radical (unpaired) electrons. The zero-order valence-electron chi connectivity index (χ0n) is 29.9. The number of para-hydroxylation sites is 1. The average molecular weight is 700 g/mol. The molecule has 50 heavy (non-hydrogen) atoms. The molecule has 6 fully saturated rings. The van der Waals surface area contributed by atoms with E-state index < -0.39 is 57.9 Å². The molecule has 7 bridgehead atoms. The standard InChI is InChI=1S/C37H53N3O10/c1-7-40-17-34(18-50-32(43)20-10-8-9-11-23(20)39-31(42)19(2)14-26(38)41)13-12-25(47-4)36-22-15-21-24(46-3)16-35(44,27(22)28(21)48-5)37(45,33(36)40)30(49-6)29(34)36/h8-11,19,21-22,24-25,27-30,33,44-45H,7,12-18H2,1-6H3,(H2,38,41)(H,39,42)/t19-,21+,22+,24-,25-,27+,28-,29+,30-,33-,34-,35+,36+,37-/m0/s1. The minimum atomic E-state index is -1.70. The van der Waals surface area contributed by atoms with Crippen LogP contribution in [0.1, 0.15) is 56.3 Å². The number of hydrogen-bond acceptors (Lipinski definition) is 11. The Morgan fingerprint density at radius 2 is 1.82 bits per heavy atom. The maximum atomic E-state index is 14.0. The van der Waals surface area contributed by atoms with Crippen LogP contribution in [-0.2, 0) is 33.3 Å². The number of nitrogens with zero attached hydrogens (tertiary/aromatic N) is 1. The Morgan fingerprint density at radius 1 is 1.08 bits per heavy atom. The number of likely N-dealkylation sites (tertiary alicyclic amines) is 1. The maximum absolute atomic E-state index is 14.0. The summed E-state index contributed by atoms with van der Waals surface area (Å²) in [6.45, 7) is 4.84. The topological polar surface area (TPSA) is 179 Å². The molecule has 276 valence electrons. The molecule has 1 aromatic carbocycles. The van der Waals surface area contributed by atoms with Gasteiger partial charge in [-0.05, 0) is 43.9 Å². The minimum Gasteiger partial charge on any atom is -0.461 e. The van der Waals surface area contributed by atoms with E-state index in [0.717, 1.165) is 6.42 Å². The van der Waals surface area contributed by atoms with Gasteiger partial charge in [0.15, 0.2) is 0 Å². The van der Waals surface area contributed by atoms with E-state index in [9.17, 15) is 24.6 Å². The van der Waals surface area contributed by atoms with Gasteiger partial charge in [0.1, 0.15) is 11.2 Å². The molecule has 7 rings (SSSR count). The van der Waals surface area contributed by atoms with Crippen molar-refractivity contribution >= 4 is 23.5 Å². The number of piperidine rings is 1. The molecule has 1 saturated heterocycles. The summed E-state index contributed by atoms with van der Waals surface area (Å²) < 4.78 is 31.3. The third-order valence-corrected chi connectivity index (χ3v) is 14.2. The van der Waals surface area contributed by atoms with Crippen LogP contribution in [0.2, 0.25) is 0 Å². The lowest BCUT2D eigenvalue weighted by molar-refractivity contribution is -0.320. The van der Waals surface area contributed by atoms with Crippen molar-refractivity contribution in [2.24, 2.45) is 46.2 Å². The van der Waals surface area contributed by atoms with E-state index in [0.29, 0.717) is 25.9 Å². The van der Waals surface area contributed by atoms with Crippen molar-refractivity contribution in [3.05, 3.63) is 29.8 Å². The number of benzene rings is 1. The predicted octanol–water partition coefficient (Wildman–Crippen LogP) is 1.59. The molecule has 14 atom stereocenters. The number of likely N-dealkylation sites (N-methyl/N-ethyl adjacent to an activating group) is 1. The fourth-order valence-electron chi connectivity index (χ4n) is 12.7. The summed E-state index contributed by atoms with van der Waals surface area (Å²) in [4.78, 5) is 40.5. The number of amides is 2. The Kier molecular flexibility index (Phi) is 8.93. The van der Waals surface area contributed by atoms with Gasteiger partial charge in [-0.15, -0.1) is 0 Å². The lowest BCUT2D eigenvalue weighted by atomic mass is 9.42. The minimum absolute atomic E-state index is 0.0402. The van der Waals surface area contributed by atoms with E-state index in [1.165, 1.54) is 0 Å². The van der Waals surface area contributed by atoms with E-state index in [1.807, 2.05) is 0 Å². The largest absolute Gasteiger partial charge is 0.461 e. The fraction of sp³-hybridized carbons (Fsp3) is 0.757. The van der Waals surface area contributed by atoms with Gasteiger partial charge < -0.3 is 44.9 Å². The number of methoxy groups -OCH3 is 4. The van der Waals surface area contributed by atoms with Gasteiger partial charge >= 0.3 is 5.97 Å². The lowest BCUT2D eigenvalue weighted by Crippen LogP contribution is -2.82. The predicted molar refractivity (Wildman–Crippen MR) is 180 cm³/mol. The molecule has 5 aliphatic carbocycles. The Morgan fingerprint density at radius 3 is 2.46 bits per heavy atom. The number of aliphatic hydroxyl groups is 2. The monoisotopic (exact) mass is 699 g/mol. The molecule has 5 N–H and O–H groups in total. The molecule has 1 aliphatic heterocycles. The van der Waals surface area contributed by atoms with Crippen molar-refractivity contribution in [2.75, 3.05) is 53.5 Å². The summed E-state index contributed by atoms with van der Waals surface area (Å²) in [6, 6.07) is 6.16. The fourth-order valence-corrected chi connectivity index (χ4v) is 12.7. The van der Waals surface area contributed by atoms with Gasteiger partial charge in [-0.1, -0.05) is 26.0 Å². The van der Waals surface area contributed by atoms with Crippen LogP contribution in [0.4, 0.5) is 5.69 Å². The van der Waals surface area contributed by atoms with Gasteiger partial charge in [0.2, 0.25) is 11.8 Å². The van der Waals surface area contributed by atoms with Gasteiger partial charge in [-0.2, -0.15) is 0 Å². The molecule has 13 heteroatoms. The highest BCUT2D eigenvalue weighted by Gasteiger charge is 2.91. The first-order chi connectivity index (χ1) is 23.8. The number of nitrogens with two attached hydrogens (primary N) is 1. The summed E-state index contributed by atoms with van der Waals surface area (Å²) in [5.41, 5.74) is 1.21. The quantitative estimate of drug-likeness (QED) is 0.233. The molecule has 1 heterocycles. The number of primary amides is 1. The molecule has 13 nitrogen and oxygen atoms in total. The first kappa shape index (κ1) is 35.7. The summed E-state index contributed by atoms with van der Waals surface area (Å²) in [5.74, 6) is -3.02. The highest BCUT2D eigenvalue weighted by molar-refractivity contribution is 6.02. The van der Waals surface area contributed by atoms with Crippen LogP contribution in [0.25, 0.3) is 0 Å². The lowest BCUT2D eigenvalue weighted by Gasteiger charge is -2.70. The summed E-state index contributed by atoms with van der Waals surface area (Å²) >= 11 is 0. The molecular weight excluding hydrogens is 646 g/mol. The molecule has 0 unspecified atom stereocenters. The Balaban J connectivity index is 1.29. The van der Waals surface area contributed by atoms with Crippen LogP contribution in [0, 0.1) is 40.4 Å². The number of esters is 1. The third kappa shape index (κ3) is 4.46. The van der Waals surface area contributed by atoms with Gasteiger partial charge in [0, 0.05) is 82.3 Å². The zero-order valence-corrected chi connectivity index (χ0v) is 29.9. The van der Waals surface area contributed by atoms with Gasteiger partial charge in [0.25, 0.3) is 0 Å². The summed E-state index contributed by atoms with van der Waals surface area (Å²) in [5, 5.41) is 29.3. The smallest absolute Gasteiger partial charge is 0.340 e. The number of rotatable bonds is 12. The number of anilines is 1. The van der Waals surface area contributed by atoms with Crippen LogP contribution < -0.4 is 11.1 Å². The van der Waals surface area contributed by atoms with E-state index in [2.05, 4.69) is 17.1 Å². The number of carbonyl (C=O) groups excluding carboxylic acids is 3. The molecule has 6 aliphatic rings. The number of ether oxygens (including phenoxy) is 5. The summed E-state index contributed by atoms with van der Waals surface area (Å²) in [7, 11) is 6.69. The van der Waals surface area contributed by atoms with Crippen molar-refractivity contribution in [2.45, 2.75) is 87.6 Å². The highest BCUT2D eigenvalue weighted by atomic mass is 16.5. The molecule has 5 saturated carbocycles.